The van der Waals surface area contributed by atoms with Crippen LogP contribution in [0.1, 0.15) is 45.2 Å². The summed E-state index contributed by atoms with van der Waals surface area (Å²) in [6.07, 6.45) is 4.53. The van der Waals surface area contributed by atoms with Gasteiger partial charge >= 0.3 is 0 Å². The average Bonchev–Trinajstić information content (AvgIpc) is 2.88. The fourth-order valence-corrected chi connectivity index (χ4v) is 2.67. The van der Waals surface area contributed by atoms with Crippen LogP contribution in [0.15, 0.2) is 18.3 Å². The smallest absolute Gasteiger partial charge is 0.128 e. The summed E-state index contributed by atoms with van der Waals surface area (Å²) >= 11 is 0. The summed E-state index contributed by atoms with van der Waals surface area (Å²) in [7, 11) is 0. The maximum Gasteiger partial charge on any atom is 0.128 e. The van der Waals surface area contributed by atoms with Crippen LogP contribution in [0.3, 0.4) is 0 Å². The molecule has 2 rings (SSSR count). The first kappa shape index (κ1) is 13.3. The Labute approximate surface area is 111 Å². The molecule has 3 heteroatoms. The molecule has 0 saturated carbocycles. The van der Waals surface area contributed by atoms with Gasteiger partial charge in [-0.05, 0) is 43.5 Å². The molecule has 1 aliphatic heterocycles. The first-order valence-corrected chi connectivity index (χ1v) is 7.18. The molecule has 2 unspecified atom stereocenters. The van der Waals surface area contributed by atoms with Gasteiger partial charge in [-0.3, -0.25) is 0 Å². The van der Waals surface area contributed by atoms with Crippen LogP contribution in [0.25, 0.3) is 0 Å². The highest BCUT2D eigenvalue weighted by Crippen LogP contribution is 2.25. The standard InChI is InChI=1S/C15H25N3/c1-4-13-7-9-18(11-13)15-10-14(6-8-17-15)12(3)16-5-2/h6,8,10,12-13,16H,4-5,7,9,11H2,1-3H3. The van der Waals surface area contributed by atoms with E-state index < -0.39 is 0 Å². The molecule has 0 aromatic carbocycles. The van der Waals surface area contributed by atoms with Crippen LogP contribution in [0, 0.1) is 5.92 Å². The Bertz CT molecular complexity index is 378. The van der Waals surface area contributed by atoms with Gasteiger partial charge in [0.25, 0.3) is 0 Å². The number of rotatable bonds is 5. The fraction of sp³-hybridized carbons (Fsp3) is 0.667. The predicted octanol–water partition coefficient (Wildman–Crippen LogP) is 2.99. The van der Waals surface area contributed by atoms with Crippen molar-refractivity contribution in [2.45, 2.75) is 39.7 Å². The molecule has 1 aromatic rings. The van der Waals surface area contributed by atoms with Crippen LogP contribution in [0.4, 0.5) is 5.82 Å². The molecule has 0 spiro atoms. The minimum Gasteiger partial charge on any atom is -0.356 e. The monoisotopic (exact) mass is 247 g/mol. The van der Waals surface area contributed by atoms with Gasteiger partial charge in [-0.25, -0.2) is 4.98 Å². The van der Waals surface area contributed by atoms with E-state index in [0.717, 1.165) is 24.8 Å². The van der Waals surface area contributed by atoms with E-state index in [1.165, 1.54) is 24.9 Å². The van der Waals surface area contributed by atoms with Gasteiger partial charge in [0, 0.05) is 25.3 Å². The van der Waals surface area contributed by atoms with Crippen molar-refractivity contribution in [2.75, 3.05) is 24.5 Å². The molecule has 1 fully saturated rings. The second-order valence-corrected chi connectivity index (χ2v) is 5.24. The maximum atomic E-state index is 4.53. The van der Waals surface area contributed by atoms with E-state index in [2.05, 4.69) is 48.1 Å². The van der Waals surface area contributed by atoms with E-state index in [1.807, 2.05) is 6.20 Å². The van der Waals surface area contributed by atoms with Gasteiger partial charge in [0.05, 0.1) is 0 Å². The van der Waals surface area contributed by atoms with Crippen molar-refractivity contribution >= 4 is 5.82 Å². The second-order valence-electron chi connectivity index (χ2n) is 5.24. The van der Waals surface area contributed by atoms with Gasteiger partial charge in [-0.2, -0.15) is 0 Å². The Morgan fingerprint density at radius 3 is 3.00 bits per heavy atom. The highest BCUT2D eigenvalue weighted by Gasteiger charge is 2.22. The van der Waals surface area contributed by atoms with Crippen LogP contribution in [-0.2, 0) is 0 Å². The van der Waals surface area contributed by atoms with Crippen LogP contribution < -0.4 is 10.2 Å². The highest BCUT2D eigenvalue weighted by molar-refractivity contribution is 5.42. The van der Waals surface area contributed by atoms with Gasteiger partial charge < -0.3 is 10.2 Å². The lowest BCUT2D eigenvalue weighted by Gasteiger charge is -2.20. The van der Waals surface area contributed by atoms with Gasteiger partial charge in [0.15, 0.2) is 0 Å². The van der Waals surface area contributed by atoms with Crippen molar-refractivity contribution < 1.29 is 0 Å². The minimum atomic E-state index is 0.404. The molecule has 3 nitrogen and oxygen atoms in total. The molecule has 0 aliphatic carbocycles. The first-order chi connectivity index (χ1) is 8.74. The molecule has 1 N–H and O–H groups in total. The zero-order valence-corrected chi connectivity index (χ0v) is 11.8. The summed E-state index contributed by atoms with van der Waals surface area (Å²) in [4.78, 5) is 6.96. The van der Waals surface area contributed by atoms with Crippen LogP contribution >= 0.6 is 0 Å². The molecule has 0 amide bonds. The Balaban J connectivity index is 2.08. The number of hydrogen-bond acceptors (Lipinski definition) is 3. The van der Waals surface area contributed by atoms with Crippen LogP contribution in [0.5, 0.6) is 0 Å². The molecule has 0 radical (unpaired) electrons. The van der Waals surface area contributed by atoms with Crippen LogP contribution in [0.2, 0.25) is 0 Å². The number of nitrogens with one attached hydrogen (secondary N) is 1. The molecule has 0 bridgehead atoms. The summed E-state index contributed by atoms with van der Waals surface area (Å²) in [6.45, 7) is 9.96. The van der Waals surface area contributed by atoms with Gasteiger partial charge in [-0.15, -0.1) is 0 Å². The zero-order chi connectivity index (χ0) is 13.0. The number of nitrogens with zero attached hydrogens (tertiary/aromatic N) is 2. The lowest BCUT2D eigenvalue weighted by molar-refractivity contribution is 0.568. The number of aromatic nitrogens is 1. The molecule has 2 atom stereocenters. The van der Waals surface area contributed by atoms with Gasteiger partial charge in [0.2, 0.25) is 0 Å². The highest BCUT2D eigenvalue weighted by atomic mass is 15.2. The molecule has 1 aliphatic rings. The van der Waals surface area contributed by atoms with Crippen molar-refractivity contribution in [3.63, 3.8) is 0 Å². The van der Waals surface area contributed by atoms with E-state index in [-0.39, 0.29) is 0 Å². The van der Waals surface area contributed by atoms with Crippen molar-refractivity contribution in [1.82, 2.24) is 10.3 Å². The summed E-state index contributed by atoms with van der Waals surface area (Å²) in [6, 6.07) is 4.76. The number of hydrogen-bond donors (Lipinski definition) is 1. The van der Waals surface area contributed by atoms with Crippen molar-refractivity contribution in [3.8, 4) is 0 Å². The molecule has 1 aromatic heterocycles. The van der Waals surface area contributed by atoms with E-state index in [0.29, 0.717) is 6.04 Å². The number of pyridine rings is 1. The molecule has 18 heavy (non-hydrogen) atoms. The quantitative estimate of drug-likeness (QED) is 0.867. The third-order valence-electron chi connectivity index (χ3n) is 3.97. The van der Waals surface area contributed by atoms with Crippen molar-refractivity contribution in [1.29, 1.82) is 0 Å². The molecule has 100 valence electrons. The summed E-state index contributed by atoms with van der Waals surface area (Å²) in [5, 5.41) is 3.45. The number of anilines is 1. The molecular formula is C15H25N3. The van der Waals surface area contributed by atoms with Gasteiger partial charge in [0.1, 0.15) is 5.82 Å². The normalized spacial score (nSPS) is 21.3. The van der Waals surface area contributed by atoms with E-state index in [1.54, 1.807) is 0 Å². The Hall–Kier alpha value is -1.09. The molecule has 2 heterocycles. The Morgan fingerprint density at radius 2 is 2.33 bits per heavy atom. The largest absolute Gasteiger partial charge is 0.356 e. The molecule has 1 saturated heterocycles. The SMILES string of the molecule is CCNC(C)c1ccnc(N2CCC(CC)C2)c1. The van der Waals surface area contributed by atoms with Crippen molar-refractivity contribution in [3.05, 3.63) is 23.9 Å². The maximum absolute atomic E-state index is 4.53. The topological polar surface area (TPSA) is 28.2 Å². The van der Waals surface area contributed by atoms with E-state index in [9.17, 15) is 0 Å². The third-order valence-corrected chi connectivity index (χ3v) is 3.97. The fourth-order valence-electron chi connectivity index (χ4n) is 2.67. The van der Waals surface area contributed by atoms with E-state index >= 15 is 0 Å². The predicted molar refractivity (Wildman–Crippen MR) is 76.9 cm³/mol. The lowest BCUT2D eigenvalue weighted by Crippen LogP contribution is -2.22. The third kappa shape index (κ3) is 3.02. The molecular weight excluding hydrogens is 222 g/mol. The Kier molecular flexibility index (Phi) is 4.59. The van der Waals surface area contributed by atoms with Crippen LogP contribution in [-0.4, -0.2) is 24.6 Å². The van der Waals surface area contributed by atoms with Crippen molar-refractivity contribution in [2.24, 2.45) is 5.92 Å². The minimum absolute atomic E-state index is 0.404. The second kappa shape index (κ2) is 6.19. The zero-order valence-electron chi connectivity index (χ0n) is 11.8. The average molecular weight is 247 g/mol. The summed E-state index contributed by atoms with van der Waals surface area (Å²) in [5.41, 5.74) is 1.33. The first-order valence-electron chi connectivity index (χ1n) is 7.18. The summed E-state index contributed by atoms with van der Waals surface area (Å²) < 4.78 is 0. The summed E-state index contributed by atoms with van der Waals surface area (Å²) in [5.74, 6) is 2.00. The van der Waals surface area contributed by atoms with Gasteiger partial charge in [-0.1, -0.05) is 20.3 Å². The van der Waals surface area contributed by atoms with E-state index in [4.69, 9.17) is 0 Å². The Morgan fingerprint density at radius 1 is 1.50 bits per heavy atom. The lowest BCUT2D eigenvalue weighted by atomic mass is 10.1.